The van der Waals surface area contributed by atoms with E-state index in [2.05, 4.69) is 0 Å². The van der Waals surface area contributed by atoms with E-state index in [4.69, 9.17) is 21.4 Å². The molecular weight excluding hydrogens is 546 g/mol. The molecule has 2 aliphatic rings. The molecule has 2 aliphatic heterocycles. The Morgan fingerprint density at radius 2 is 1.74 bits per heavy atom. The van der Waals surface area contributed by atoms with E-state index in [1.165, 1.54) is 18.2 Å². The Morgan fingerprint density at radius 3 is 2.39 bits per heavy atom. The summed E-state index contributed by atoms with van der Waals surface area (Å²) in [5.41, 5.74) is 0.158. The van der Waals surface area contributed by atoms with Crippen LogP contribution in [0.1, 0.15) is 11.1 Å². The molecule has 1 spiro atoms. The molecule has 196 valence electrons. The molecule has 1 saturated heterocycles. The Labute approximate surface area is 219 Å². The van der Waals surface area contributed by atoms with Crippen molar-refractivity contribution < 1.29 is 41.4 Å². The zero-order chi connectivity index (χ0) is 27.4. The number of benzene rings is 3. The highest BCUT2D eigenvalue weighted by atomic mass is 35.5. The number of carboxylic acid groups (broad SMARTS) is 1. The average molecular weight is 563 g/mol. The molecule has 3 aromatic carbocycles. The topological polar surface area (TPSA) is 121 Å². The molecule has 0 aromatic heterocycles. The molecular formula is C25H17ClF2N2O7S. The van der Waals surface area contributed by atoms with Gasteiger partial charge in [0.2, 0.25) is 5.91 Å². The van der Waals surface area contributed by atoms with E-state index in [1.54, 1.807) is 24.3 Å². The van der Waals surface area contributed by atoms with Gasteiger partial charge >= 0.3 is 5.97 Å². The summed E-state index contributed by atoms with van der Waals surface area (Å²) >= 11 is 5.95. The van der Waals surface area contributed by atoms with Crippen molar-refractivity contribution in [2.45, 2.75) is 11.4 Å². The summed E-state index contributed by atoms with van der Waals surface area (Å²) in [5.74, 6) is -7.08. The SMILES string of the molecule is O=C(O)COc1ccc2c(c1)C1(C(=O)N2Cc2ccc(Cl)cc2)N(c2ccc(F)c(F)c2)C(=O)CS1(=O)=O. The van der Waals surface area contributed by atoms with E-state index < -0.39 is 56.5 Å². The lowest BCUT2D eigenvalue weighted by molar-refractivity contribution is -0.139. The van der Waals surface area contributed by atoms with E-state index in [0.717, 1.165) is 17.0 Å². The number of ether oxygens (including phenoxy) is 1. The second kappa shape index (κ2) is 9.07. The van der Waals surface area contributed by atoms with Crippen LogP contribution in [0.3, 0.4) is 0 Å². The summed E-state index contributed by atoms with van der Waals surface area (Å²) in [6, 6.07) is 12.7. The van der Waals surface area contributed by atoms with Gasteiger partial charge in [0, 0.05) is 22.3 Å². The number of amides is 2. The molecule has 1 unspecified atom stereocenters. The van der Waals surface area contributed by atoms with Crippen LogP contribution in [0, 0.1) is 11.6 Å². The maximum Gasteiger partial charge on any atom is 0.341 e. The lowest BCUT2D eigenvalue weighted by atomic mass is 10.0. The summed E-state index contributed by atoms with van der Waals surface area (Å²) in [6.07, 6.45) is 0. The first-order valence-corrected chi connectivity index (χ1v) is 13.0. The number of halogens is 3. The zero-order valence-corrected chi connectivity index (χ0v) is 20.8. The molecule has 0 saturated carbocycles. The van der Waals surface area contributed by atoms with Crippen LogP contribution in [-0.4, -0.2) is 43.7 Å². The number of rotatable bonds is 6. The van der Waals surface area contributed by atoms with Gasteiger partial charge in [0.25, 0.3) is 10.8 Å². The van der Waals surface area contributed by atoms with E-state index in [0.29, 0.717) is 21.6 Å². The van der Waals surface area contributed by atoms with Crippen LogP contribution >= 0.6 is 11.6 Å². The van der Waals surface area contributed by atoms with E-state index in [9.17, 15) is 31.6 Å². The summed E-state index contributed by atoms with van der Waals surface area (Å²) in [5, 5.41) is 9.42. The number of anilines is 2. The van der Waals surface area contributed by atoms with Crippen molar-refractivity contribution in [1.29, 1.82) is 0 Å². The van der Waals surface area contributed by atoms with Gasteiger partial charge in [0.1, 0.15) is 11.5 Å². The van der Waals surface area contributed by atoms with Gasteiger partial charge in [-0.3, -0.25) is 14.5 Å². The van der Waals surface area contributed by atoms with Gasteiger partial charge in [-0.15, -0.1) is 0 Å². The Balaban J connectivity index is 1.74. The van der Waals surface area contributed by atoms with Crippen LogP contribution in [-0.2, 0) is 35.6 Å². The van der Waals surface area contributed by atoms with E-state index in [1.807, 2.05) is 0 Å². The van der Waals surface area contributed by atoms with Gasteiger partial charge in [0.05, 0.1) is 12.2 Å². The summed E-state index contributed by atoms with van der Waals surface area (Å²) in [6.45, 7) is -0.873. The second-order valence-corrected chi connectivity index (χ2v) is 11.2. The first kappa shape index (κ1) is 25.6. The smallest absolute Gasteiger partial charge is 0.341 e. The minimum atomic E-state index is -4.62. The molecule has 2 amide bonds. The molecule has 2 heterocycles. The third-order valence-corrected chi connectivity index (χ3v) is 8.62. The van der Waals surface area contributed by atoms with Crippen LogP contribution in [0.5, 0.6) is 5.75 Å². The van der Waals surface area contributed by atoms with Crippen molar-refractivity contribution in [3.63, 3.8) is 0 Å². The molecule has 13 heteroatoms. The largest absolute Gasteiger partial charge is 0.482 e. The Hall–Kier alpha value is -4.03. The standard InChI is InChI=1S/C25H17ClF2N2O7S/c26-15-3-1-14(2-4-15)11-29-21-8-6-17(37-12-23(32)33)10-18(21)25(24(29)34)30(22(31)13-38(25,35)36)16-5-7-19(27)20(28)9-16/h1-10H,11-13H2,(H,32,33). The number of nitrogens with zero attached hydrogens (tertiary/aromatic N) is 2. The van der Waals surface area contributed by atoms with Crippen LogP contribution in [0.4, 0.5) is 20.2 Å². The van der Waals surface area contributed by atoms with Gasteiger partial charge in [0.15, 0.2) is 28.1 Å². The Morgan fingerprint density at radius 1 is 1.03 bits per heavy atom. The average Bonchev–Trinajstić information content (AvgIpc) is 3.23. The number of sulfone groups is 1. The van der Waals surface area contributed by atoms with Crippen molar-refractivity contribution in [2.24, 2.45) is 0 Å². The fourth-order valence-electron chi connectivity index (χ4n) is 4.71. The number of hydrogen-bond acceptors (Lipinski definition) is 6. The Bertz CT molecular complexity index is 1610. The molecule has 5 rings (SSSR count). The van der Waals surface area contributed by atoms with Crippen LogP contribution in [0.25, 0.3) is 0 Å². The number of aliphatic carboxylic acids is 1. The number of hydrogen-bond donors (Lipinski definition) is 1. The first-order chi connectivity index (χ1) is 18.0. The van der Waals surface area contributed by atoms with Crippen molar-refractivity contribution in [1.82, 2.24) is 0 Å². The lowest BCUT2D eigenvalue weighted by Gasteiger charge is -2.32. The van der Waals surface area contributed by atoms with E-state index >= 15 is 0 Å². The summed E-state index contributed by atoms with van der Waals surface area (Å²) in [7, 11) is -4.62. The minimum absolute atomic E-state index is 0.0774. The predicted molar refractivity (Wildman–Crippen MR) is 132 cm³/mol. The molecule has 1 atom stereocenters. The highest BCUT2D eigenvalue weighted by Crippen LogP contribution is 2.53. The third kappa shape index (κ3) is 3.87. The predicted octanol–water partition coefficient (Wildman–Crippen LogP) is 3.24. The molecule has 38 heavy (non-hydrogen) atoms. The molecule has 1 fully saturated rings. The van der Waals surface area contributed by atoms with Crippen molar-refractivity contribution >= 4 is 50.6 Å². The van der Waals surface area contributed by atoms with Crippen LogP contribution < -0.4 is 14.5 Å². The third-order valence-electron chi connectivity index (χ3n) is 6.26. The molecule has 9 nitrogen and oxygen atoms in total. The summed E-state index contributed by atoms with van der Waals surface area (Å²) < 4.78 is 60.5. The molecule has 1 N–H and O–H groups in total. The molecule has 3 aromatic rings. The van der Waals surface area contributed by atoms with Crippen molar-refractivity contribution in [3.8, 4) is 5.75 Å². The van der Waals surface area contributed by atoms with Crippen molar-refractivity contribution in [2.75, 3.05) is 22.2 Å². The van der Waals surface area contributed by atoms with Gasteiger partial charge in [-0.2, -0.15) is 0 Å². The van der Waals surface area contributed by atoms with Gasteiger partial charge in [-0.1, -0.05) is 23.7 Å². The fourth-order valence-corrected chi connectivity index (χ4v) is 6.86. The monoisotopic (exact) mass is 562 g/mol. The second-order valence-electron chi connectivity index (χ2n) is 8.61. The quantitative estimate of drug-likeness (QED) is 0.489. The number of carbonyl (C=O) groups is 3. The normalized spacial score (nSPS) is 19.8. The number of carbonyl (C=O) groups excluding carboxylic acids is 2. The Kier molecular flexibility index (Phi) is 6.11. The number of fused-ring (bicyclic) bond motifs is 2. The van der Waals surface area contributed by atoms with Gasteiger partial charge in [-0.05, 0) is 48.0 Å². The van der Waals surface area contributed by atoms with Crippen LogP contribution in [0.15, 0.2) is 60.7 Å². The molecule has 0 radical (unpaired) electrons. The van der Waals surface area contributed by atoms with Crippen molar-refractivity contribution in [3.05, 3.63) is 88.4 Å². The summed E-state index contributed by atoms with van der Waals surface area (Å²) in [4.78, 5) is 37.5. The van der Waals surface area contributed by atoms with Gasteiger partial charge in [-0.25, -0.2) is 22.0 Å². The molecule has 0 bridgehead atoms. The lowest BCUT2D eigenvalue weighted by Crippen LogP contribution is -2.54. The first-order valence-electron chi connectivity index (χ1n) is 11.0. The fraction of sp³-hybridized carbons (Fsp3) is 0.160. The minimum Gasteiger partial charge on any atom is -0.482 e. The van der Waals surface area contributed by atoms with Crippen LogP contribution in [0.2, 0.25) is 5.02 Å². The zero-order valence-electron chi connectivity index (χ0n) is 19.2. The highest BCUT2D eigenvalue weighted by molar-refractivity contribution is 7.94. The maximum absolute atomic E-state index is 14.2. The van der Waals surface area contributed by atoms with E-state index in [-0.39, 0.29) is 29.2 Å². The number of carboxylic acids is 1. The van der Waals surface area contributed by atoms with Gasteiger partial charge < -0.3 is 14.7 Å². The maximum atomic E-state index is 14.2. The molecule has 0 aliphatic carbocycles. The highest BCUT2D eigenvalue weighted by Gasteiger charge is 2.69.